The summed E-state index contributed by atoms with van der Waals surface area (Å²) < 4.78 is 0. The molecule has 0 bridgehead atoms. The molecular weight excluding hydrogens is 184 g/mol. The molecule has 0 nitrogen and oxygen atoms in total. The van der Waals surface area contributed by atoms with Gasteiger partial charge in [-0.3, -0.25) is 0 Å². The highest BCUT2D eigenvalue weighted by Gasteiger charge is 1.90. The number of hydrogen-bond donors (Lipinski definition) is 0. The van der Waals surface area contributed by atoms with Crippen LogP contribution in [0.3, 0.4) is 0 Å². The molecule has 0 amide bonds. The maximum absolute atomic E-state index is 5.12. The van der Waals surface area contributed by atoms with E-state index in [0.29, 0.717) is 0 Å². The molecule has 1 rings (SSSR count). The van der Waals surface area contributed by atoms with Gasteiger partial charge in [0.15, 0.2) is 0 Å². The predicted molar refractivity (Wildman–Crippen MR) is 57.9 cm³/mol. The summed E-state index contributed by atoms with van der Waals surface area (Å²) in [5, 5.41) is 0. The Kier molecular flexibility index (Phi) is 4.82. The lowest BCUT2D eigenvalue weighted by Gasteiger charge is -1.97. The highest BCUT2D eigenvalue weighted by atomic mass is 33.1. The minimum absolute atomic E-state index is 0.781. The highest BCUT2D eigenvalue weighted by Crippen LogP contribution is 2.24. The largest absolute Gasteiger partial charge is 0.119 e. The average molecular weight is 193 g/mol. The number of rotatable bonds is 4. The van der Waals surface area contributed by atoms with Crippen LogP contribution in [0, 0.1) is 18.4 Å². The van der Waals surface area contributed by atoms with Gasteiger partial charge in [0, 0.05) is 5.75 Å². The van der Waals surface area contributed by atoms with Crippen LogP contribution in [0.15, 0.2) is 24.3 Å². The minimum atomic E-state index is 0.781. The topological polar surface area (TPSA) is 0 Å². The fraction of sp³-hybridized carbons (Fsp3) is 0.200. The zero-order valence-electron chi connectivity index (χ0n) is 6.62. The van der Waals surface area contributed by atoms with E-state index in [1.54, 1.807) is 21.6 Å². The van der Waals surface area contributed by atoms with E-state index in [2.05, 4.69) is 24.1 Å². The Hall–Kier alpha value is -0.520. The van der Waals surface area contributed by atoms with Crippen molar-refractivity contribution in [3.8, 4) is 12.3 Å². The van der Waals surface area contributed by atoms with Crippen LogP contribution < -0.4 is 0 Å². The van der Waals surface area contributed by atoms with Crippen molar-refractivity contribution in [3.05, 3.63) is 35.9 Å². The van der Waals surface area contributed by atoms with Crippen LogP contribution >= 0.6 is 21.6 Å². The quantitative estimate of drug-likeness (QED) is 0.409. The van der Waals surface area contributed by atoms with Gasteiger partial charge in [-0.25, -0.2) is 0 Å². The summed E-state index contributed by atoms with van der Waals surface area (Å²) in [5.74, 6) is 4.39. The van der Waals surface area contributed by atoms with Crippen LogP contribution in [0.5, 0.6) is 0 Å². The van der Waals surface area contributed by atoms with Crippen LogP contribution in [0.25, 0.3) is 0 Å². The summed E-state index contributed by atoms with van der Waals surface area (Å²) in [7, 11) is 3.51. The molecule has 0 spiro atoms. The zero-order valence-corrected chi connectivity index (χ0v) is 8.25. The first-order valence-electron chi connectivity index (χ1n) is 3.56. The Morgan fingerprint density at radius 1 is 1.33 bits per heavy atom. The number of terminal acetylenes is 1. The summed E-state index contributed by atoms with van der Waals surface area (Å²) in [5.41, 5.74) is 1.32. The van der Waals surface area contributed by atoms with Crippen LogP contribution in [-0.2, 0) is 5.75 Å². The standard InChI is InChI=1S/C10H9S2/c1-2-8-11-12-9-10-6-4-3-5-7-10/h1,4-7H,8-9H2. The van der Waals surface area contributed by atoms with Gasteiger partial charge in [0.2, 0.25) is 0 Å². The summed E-state index contributed by atoms with van der Waals surface area (Å²) in [4.78, 5) is 0. The molecular formula is C10H9S2. The number of hydrogen-bond acceptors (Lipinski definition) is 2. The van der Waals surface area contributed by atoms with Crippen molar-refractivity contribution in [3.63, 3.8) is 0 Å². The second kappa shape index (κ2) is 6.05. The lowest BCUT2D eigenvalue weighted by Crippen LogP contribution is -1.76. The van der Waals surface area contributed by atoms with Crippen LogP contribution in [0.4, 0.5) is 0 Å². The third-order valence-electron chi connectivity index (χ3n) is 1.24. The average Bonchev–Trinajstić information content (AvgIpc) is 2.14. The van der Waals surface area contributed by atoms with Crippen molar-refractivity contribution in [2.45, 2.75) is 5.75 Å². The van der Waals surface area contributed by atoms with E-state index >= 15 is 0 Å². The Bertz CT molecular complexity index is 248. The maximum atomic E-state index is 5.12. The minimum Gasteiger partial charge on any atom is -0.119 e. The Balaban J connectivity index is 2.21. The molecule has 0 atom stereocenters. The van der Waals surface area contributed by atoms with Gasteiger partial charge >= 0.3 is 0 Å². The summed E-state index contributed by atoms with van der Waals surface area (Å²) >= 11 is 0. The van der Waals surface area contributed by atoms with E-state index < -0.39 is 0 Å². The molecule has 0 unspecified atom stereocenters. The molecule has 2 heteroatoms. The summed E-state index contributed by atoms with van der Waals surface area (Å²) in [6.45, 7) is 0. The lowest BCUT2D eigenvalue weighted by atomic mass is 10.2. The van der Waals surface area contributed by atoms with Crippen LogP contribution in [0.2, 0.25) is 0 Å². The smallest absolute Gasteiger partial charge is 0.0648 e. The van der Waals surface area contributed by atoms with Crippen molar-refractivity contribution in [1.29, 1.82) is 0 Å². The van der Waals surface area contributed by atoms with Crippen molar-refractivity contribution >= 4 is 21.6 Å². The molecule has 0 heterocycles. The first-order chi connectivity index (χ1) is 5.93. The molecule has 0 saturated heterocycles. The Morgan fingerprint density at radius 2 is 2.08 bits per heavy atom. The van der Waals surface area contributed by atoms with Crippen molar-refractivity contribution in [1.82, 2.24) is 0 Å². The first-order valence-corrected chi connectivity index (χ1v) is 6.05. The van der Waals surface area contributed by atoms with Gasteiger partial charge in [0.05, 0.1) is 5.75 Å². The molecule has 1 aromatic rings. The normalized spacial score (nSPS) is 9.25. The molecule has 1 aromatic carbocycles. The Morgan fingerprint density at radius 3 is 2.75 bits per heavy atom. The van der Waals surface area contributed by atoms with Gasteiger partial charge in [-0.05, 0) is 11.6 Å². The molecule has 0 aliphatic heterocycles. The van der Waals surface area contributed by atoms with Crippen molar-refractivity contribution < 1.29 is 0 Å². The van der Waals surface area contributed by atoms with Gasteiger partial charge in [-0.15, -0.1) is 6.42 Å². The van der Waals surface area contributed by atoms with E-state index in [-0.39, 0.29) is 0 Å². The number of benzene rings is 1. The van der Waals surface area contributed by atoms with Gasteiger partial charge in [-0.1, -0.05) is 51.8 Å². The van der Waals surface area contributed by atoms with E-state index in [0.717, 1.165) is 11.5 Å². The van der Waals surface area contributed by atoms with E-state index in [9.17, 15) is 0 Å². The van der Waals surface area contributed by atoms with E-state index in [1.807, 2.05) is 12.1 Å². The fourth-order valence-electron chi connectivity index (χ4n) is 0.703. The fourth-order valence-corrected chi connectivity index (χ4v) is 2.38. The second-order valence-corrected chi connectivity index (χ2v) is 4.60. The van der Waals surface area contributed by atoms with Crippen molar-refractivity contribution in [2.75, 3.05) is 5.75 Å². The second-order valence-electron chi connectivity index (χ2n) is 2.14. The molecule has 0 aromatic heterocycles. The van der Waals surface area contributed by atoms with Crippen LogP contribution in [-0.4, -0.2) is 5.75 Å². The Labute approximate surface area is 81.5 Å². The van der Waals surface area contributed by atoms with E-state index in [4.69, 9.17) is 6.42 Å². The van der Waals surface area contributed by atoms with Crippen LogP contribution in [0.1, 0.15) is 5.56 Å². The highest BCUT2D eigenvalue weighted by molar-refractivity contribution is 8.76. The van der Waals surface area contributed by atoms with Gasteiger partial charge in [0.25, 0.3) is 0 Å². The molecule has 0 aliphatic rings. The first kappa shape index (κ1) is 9.57. The third kappa shape index (κ3) is 3.75. The molecule has 12 heavy (non-hydrogen) atoms. The van der Waals surface area contributed by atoms with E-state index in [1.165, 1.54) is 5.56 Å². The van der Waals surface area contributed by atoms with Gasteiger partial charge in [0.1, 0.15) is 0 Å². The molecule has 0 fully saturated rings. The maximum Gasteiger partial charge on any atom is 0.0648 e. The lowest BCUT2D eigenvalue weighted by molar-refractivity contribution is 1.42. The summed E-state index contributed by atoms with van der Waals surface area (Å²) in [6.07, 6.45) is 5.12. The molecule has 61 valence electrons. The molecule has 0 N–H and O–H groups in total. The summed E-state index contributed by atoms with van der Waals surface area (Å²) in [6, 6.07) is 11.0. The van der Waals surface area contributed by atoms with Crippen molar-refractivity contribution in [2.24, 2.45) is 0 Å². The molecule has 0 aliphatic carbocycles. The zero-order chi connectivity index (χ0) is 8.65. The molecule has 1 radical (unpaired) electrons. The molecule has 0 saturated carbocycles. The predicted octanol–water partition coefficient (Wildman–Crippen LogP) is 3.00. The van der Waals surface area contributed by atoms with Gasteiger partial charge in [-0.2, -0.15) is 0 Å². The third-order valence-corrected chi connectivity index (χ3v) is 3.35. The van der Waals surface area contributed by atoms with Gasteiger partial charge < -0.3 is 0 Å². The SMILES string of the molecule is C#CCSSCc1cc[c]cc1. The monoisotopic (exact) mass is 193 g/mol.